The molecule has 0 aliphatic carbocycles. The number of esters is 6. The van der Waals surface area contributed by atoms with E-state index in [2.05, 4.69) is 43.2 Å². The van der Waals surface area contributed by atoms with Crippen molar-refractivity contribution in [2.24, 2.45) is 17.8 Å². The monoisotopic (exact) mass is 1050 g/mol. The van der Waals surface area contributed by atoms with Crippen molar-refractivity contribution in [2.45, 2.75) is 133 Å². The first-order valence-electron chi connectivity index (χ1n) is 23.0. The molecule has 0 radical (unpaired) electrons. The van der Waals surface area contributed by atoms with Gasteiger partial charge in [-0.1, -0.05) is 74.1 Å². The van der Waals surface area contributed by atoms with Gasteiger partial charge in [0.25, 0.3) is 10.1 Å². The summed E-state index contributed by atoms with van der Waals surface area (Å²) in [7, 11) is -4.36. The second kappa shape index (κ2) is 45.6. The van der Waals surface area contributed by atoms with Gasteiger partial charge in [-0.05, 0) is 58.8 Å². The molecule has 0 aliphatic rings. The number of amides is 1. The third-order valence-electron chi connectivity index (χ3n) is 8.93. The smallest absolute Gasteiger partial charge is 0.707 e. The van der Waals surface area contributed by atoms with E-state index in [-0.39, 0.29) is 134 Å². The number of hydrogen-bond acceptors (Lipinski definition) is 20. The van der Waals surface area contributed by atoms with Gasteiger partial charge < -0.3 is 57.5 Å². The van der Waals surface area contributed by atoms with Gasteiger partial charge in [0.2, 0.25) is 0 Å². The topological polar surface area (TPSA) is 281 Å². The Morgan fingerprint density at radius 2 is 1.03 bits per heavy atom. The summed E-state index contributed by atoms with van der Waals surface area (Å²) in [6.45, 7) is 30.7. The minimum Gasteiger partial charge on any atom is -0.707 e. The van der Waals surface area contributed by atoms with E-state index < -0.39 is 64.0 Å². The average Bonchev–Trinajstić information content (AvgIpc) is 3.30. The second-order valence-electron chi connectivity index (χ2n) is 16.2. The number of rotatable bonds is 35. The van der Waals surface area contributed by atoms with Gasteiger partial charge in [0.15, 0.2) is 0 Å². The molecule has 21 nitrogen and oxygen atoms in total. The summed E-state index contributed by atoms with van der Waals surface area (Å²) in [5.74, 6) is -3.07. The summed E-state index contributed by atoms with van der Waals surface area (Å²) in [6, 6.07) is 0. The molecule has 0 saturated heterocycles. The minimum absolute atomic E-state index is 0. The van der Waals surface area contributed by atoms with Crippen LogP contribution in [-0.4, -0.2) is 134 Å². The van der Waals surface area contributed by atoms with E-state index in [1.807, 2.05) is 20.8 Å². The molecule has 0 aromatic rings. The van der Waals surface area contributed by atoms with Crippen molar-refractivity contribution in [2.75, 3.05) is 71.8 Å². The molecule has 0 heterocycles. The number of hydrogen-bond donors (Lipinski definition) is 1. The fraction of sp³-hybridized carbons (Fsp3) is 0.723. The van der Waals surface area contributed by atoms with Crippen molar-refractivity contribution in [3.63, 3.8) is 0 Å². The first kappa shape index (κ1) is 73.3. The Balaban J connectivity index is -0.000000467. The van der Waals surface area contributed by atoms with E-state index in [4.69, 9.17) is 42.6 Å². The van der Waals surface area contributed by atoms with Crippen LogP contribution in [0.1, 0.15) is 121 Å². The molecule has 0 spiro atoms. The van der Waals surface area contributed by atoms with Gasteiger partial charge in [-0.2, -0.15) is 8.42 Å². The van der Waals surface area contributed by atoms with Crippen LogP contribution in [-0.2, 0) is 85.9 Å². The Morgan fingerprint density at radius 1 is 0.571 bits per heavy atom. The summed E-state index contributed by atoms with van der Waals surface area (Å²) in [5, 5.41) is 12.7. The van der Waals surface area contributed by atoms with Gasteiger partial charge in [-0.15, -0.1) is 0 Å². The van der Waals surface area contributed by atoms with Crippen LogP contribution in [0.15, 0.2) is 36.5 Å². The predicted molar refractivity (Wildman–Crippen MR) is 251 cm³/mol. The summed E-state index contributed by atoms with van der Waals surface area (Å²) in [6.07, 6.45) is 1.75. The van der Waals surface area contributed by atoms with Crippen molar-refractivity contribution >= 4 is 52.0 Å². The second-order valence-corrected chi connectivity index (χ2v) is 17.7. The third-order valence-corrected chi connectivity index (χ3v) is 9.92. The zero-order valence-electron chi connectivity index (χ0n) is 43.5. The molecule has 23 heteroatoms. The van der Waals surface area contributed by atoms with E-state index >= 15 is 0 Å². The Morgan fingerprint density at radius 3 is 1.49 bits per heavy atom. The molecule has 0 saturated carbocycles. The van der Waals surface area contributed by atoms with Gasteiger partial charge in [0, 0.05) is 55.8 Å². The normalized spacial score (nSPS) is 12.6. The van der Waals surface area contributed by atoms with Crippen LogP contribution in [0.5, 0.6) is 0 Å². The van der Waals surface area contributed by atoms with E-state index in [0.717, 1.165) is 19.4 Å². The Hall–Kier alpha value is -3.26. The predicted octanol–water partition coefficient (Wildman–Crippen LogP) is 2.18. The summed E-state index contributed by atoms with van der Waals surface area (Å²) in [4.78, 5) is 79.5. The maximum Gasteiger partial charge on any atom is 1.00 e. The Bertz CT molecular complexity index is 1670. The molecule has 0 aromatic carbocycles. The van der Waals surface area contributed by atoms with Crippen molar-refractivity contribution in [1.82, 2.24) is 5.32 Å². The van der Waals surface area contributed by atoms with Crippen LogP contribution >= 0.6 is 0 Å². The van der Waals surface area contributed by atoms with Crippen molar-refractivity contribution in [3.8, 4) is 0 Å². The summed E-state index contributed by atoms with van der Waals surface area (Å²) >= 11 is 0. The number of nitrogens with one attached hydrogen (secondary N) is 1. The molecule has 5 unspecified atom stereocenters. The molecule has 0 fully saturated rings. The molecular formula is C47H80KNO20S. The van der Waals surface area contributed by atoms with Gasteiger partial charge in [0.05, 0.1) is 38.9 Å². The first-order chi connectivity index (χ1) is 32.3. The zero-order valence-corrected chi connectivity index (χ0v) is 47.5. The standard InChI is InChI=1S/C16H28O9S.C16H26O6.C15H27NO5.K/c1-5-13(4)9-22-10-14(11-26(20,21)25-19)24-15(17)7-6-8-23-16(18)12(2)3;1-6-12(4)16(19)21-10-13(5)22-14(17)8-7-9-20-15(18)11(2)3;1-5-13(4)11-19-8-6-9-21-15(18)16-7-10-20-14(17)12(2)3;/h13-14,19H,2,5-11H2,1,3-4H3;12-13H,2,6-10H2,1,3-5H3;13H,2,5-11H2,1,3-4H3,(H,16,18);/q;;;+1/p-1. The van der Waals surface area contributed by atoms with Gasteiger partial charge in [-0.25, -0.2) is 19.2 Å². The first-order valence-corrected chi connectivity index (χ1v) is 24.6. The van der Waals surface area contributed by atoms with Crippen molar-refractivity contribution in [1.29, 1.82) is 0 Å². The van der Waals surface area contributed by atoms with Crippen LogP contribution in [0.3, 0.4) is 0 Å². The number of alkyl carbamates (subject to hydrolysis) is 1. The van der Waals surface area contributed by atoms with E-state index in [1.165, 1.54) is 6.92 Å². The molecule has 1 amide bonds. The number of ether oxygens (including phenoxy) is 9. The minimum atomic E-state index is -4.36. The van der Waals surface area contributed by atoms with Crippen molar-refractivity contribution < 1.29 is 146 Å². The SMILES string of the molecule is C=C(C)C(=O)OCCCC(=O)OC(C)COC(=O)C(C)CC.C=C(C)C(=O)OCCCC(=O)OC(COCC(C)CC)CS(=O)(=O)O[O-].C=C(C)C(=O)OCCNC(=O)OCCCOCC(C)CC.[K+]. The molecule has 400 valence electrons. The van der Waals surface area contributed by atoms with Crippen LogP contribution in [0.4, 0.5) is 4.79 Å². The summed E-state index contributed by atoms with van der Waals surface area (Å²) < 4.78 is 71.2. The molecule has 0 rings (SSSR count). The van der Waals surface area contributed by atoms with Crippen LogP contribution in [0.2, 0.25) is 0 Å². The molecule has 70 heavy (non-hydrogen) atoms. The quantitative estimate of drug-likeness (QED) is 0.0181. The third kappa shape index (κ3) is 45.8. The number of carbonyl (C=O) groups excluding carboxylic acids is 7. The van der Waals surface area contributed by atoms with Gasteiger partial charge >= 0.3 is 93.3 Å². The largest absolute Gasteiger partial charge is 1.00 e. The van der Waals surface area contributed by atoms with Crippen molar-refractivity contribution in [3.05, 3.63) is 36.5 Å². The van der Waals surface area contributed by atoms with Gasteiger partial charge in [-0.3, -0.25) is 14.4 Å². The van der Waals surface area contributed by atoms with Gasteiger partial charge in [0.1, 0.15) is 31.2 Å². The molecule has 1 N–H and O–H groups in total. The van der Waals surface area contributed by atoms with E-state index in [9.17, 15) is 47.2 Å². The van der Waals surface area contributed by atoms with Crippen LogP contribution < -0.4 is 62.0 Å². The average molecular weight is 1050 g/mol. The Labute approximate surface area is 458 Å². The van der Waals surface area contributed by atoms with Crippen LogP contribution in [0.25, 0.3) is 0 Å². The van der Waals surface area contributed by atoms with E-state index in [0.29, 0.717) is 56.1 Å². The maximum atomic E-state index is 11.8. The molecule has 0 aromatic heterocycles. The molecule has 0 bridgehead atoms. The molecular weight excluding hydrogens is 970 g/mol. The van der Waals surface area contributed by atoms with Crippen LogP contribution in [0, 0.1) is 17.8 Å². The molecule has 0 aliphatic heterocycles. The maximum absolute atomic E-state index is 11.8. The van der Waals surface area contributed by atoms with E-state index in [1.54, 1.807) is 27.7 Å². The number of carbonyl (C=O) groups is 7. The Kier molecular flexibility index (Phi) is 47.7. The fourth-order valence-electron chi connectivity index (χ4n) is 4.17. The molecule has 5 atom stereocenters. The summed E-state index contributed by atoms with van der Waals surface area (Å²) in [5.41, 5.74) is 0.892. The fourth-order valence-corrected chi connectivity index (χ4v) is 4.84. The zero-order chi connectivity index (χ0) is 53.4.